The molecule has 0 spiro atoms. The molecule has 154 valence electrons. The van der Waals surface area contributed by atoms with Gasteiger partial charge in [-0.2, -0.15) is 0 Å². The van der Waals surface area contributed by atoms with Crippen LogP contribution in [0, 0.1) is 5.92 Å². The van der Waals surface area contributed by atoms with Crippen LogP contribution in [0.4, 0.5) is 11.5 Å². The van der Waals surface area contributed by atoms with Crippen molar-refractivity contribution < 1.29 is 9.59 Å². The molecule has 0 aliphatic carbocycles. The summed E-state index contributed by atoms with van der Waals surface area (Å²) in [5.74, 6) is -1.40. The van der Waals surface area contributed by atoms with Crippen molar-refractivity contribution >= 4 is 35.1 Å². The van der Waals surface area contributed by atoms with Gasteiger partial charge in [-0.1, -0.05) is 19.9 Å². The topological polar surface area (TPSA) is 113 Å². The van der Waals surface area contributed by atoms with Gasteiger partial charge in [0.15, 0.2) is 0 Å². The number of amides is 2. The maximum atomic E-state index is 13.0. The average Bonchev–Trinajstić information content (AvgIpc) is 2.66. The van der Waals surface area contributed by atoms with E-state index in [0.717, 1.165) is 4.90 Å². The molecule has 0 saturated carbocycles. The fourth-order valence-electron chi connectivity index (χ4n) is 3.27. The first-order valence-corrected chi connectivity index (χ1v) is 10.6. The van der Waals surface area contributed by atoms with Crippen molar-refractivity contribution in [3.05, 3.63) is 50.7 Å². The summed E-state index contributed by atoms with van der Waals surface area (Å²) in [5.41, 5.74) is -0.544. The van der Waals surface area contributed by atoms with Crippen molar-refractivity contribution in [3.8, 4) is 0 Å². The van der Waals surface area contributed by atoms with E-state index in [2.05, 4.69) is 15.6 Å². The first-order valence-electron chi connectivity index (χ1n) is 9.42. The number of H-pyrrole nitrogens is 1. The lowest BCUT2D eigenvalue weighted by molar-refractivity contribution is -0.123. The van der Waals surface area contributed by atoms with Crippen LogP contribution in [-0.2, 0) is 16.1 Å². The van der Waals surface area contributed by atoms with Crippen LogP contribution >= 0.6 is 11.8 Å². The average molecular weight is 417 g/mol. The van der Waals surface area contributed by atoms with Crippen LogP contribution in [-0.4, -0.2) is 27.6 Å². The van der Waals surface area contributed by atoms with Gasteiger partial charge in [-0.3, -0.25) is 23.9 Å². The third kappa shape index (κ3) is 4.61. The number of thioether (sulfide) groups is 1. The second-order valence-electron chi connectivity index (χ2n) is 7.38. The molecule has 29 heavy (non-hydrogen) atoms. The first kappa shape index (κ1) is 20.9. The van der Waals surface area contributed by atoms with E-state index in [1.54, 1.807) is 6.07 Å². The molecule has 1 aliphatic heterocycles. The Kier molecular flexibility index (Phi) is 6.26. The van der Waals surface area contributed by atoms with Crippen LogP contribution < -0.4 is 21.9 Å². The molecule has 2 amide bonds. The number of benzene rings is 1. The molecular formula is C20H24N4O4S. The molecule has 3 N–H and O–H groups in total. The number of aromatic nitrogens is 2. The largest absolute Gasteiger partial charge is 0.329 e. The lowest BCUT2D eigenvalue weighted by atomic mass is 9.92. The number of nitrogens with one attached hydrogen (secondary N) is 3. The standard InChI is InChI=1S/C20H24N4O4S/c1-11(2)7-8-24-17-16(19(27)23-20(24)28)14(10-15(25)22-17)18(26)21-12-5-4-6-13(9-12)29-3/h4-6,9,11,14H,7-8,10H2,1-3H3,(H,21,26)(H,22,25)(H,23,27,28)/t14-/m1/s1. The molecule has 0 radical (unpaired) electrons. The van der Waals surface area contributed by atoms with Crippen LogP contribution in [0.5, 0.6) is 0 Å². The van der Waals surface area contributed by atoms with Gasteiger partial charge < -0.3 is 10.6 Å². The van der Waals surface area contributed by atoms with Crippen LogP contribution in [0.1, 0.15) is 38.2 Å². The van der Waals surface area contributed by atoms with Crippen molar-refractivity contribution in [2.24, 2.45) is 5.92 Å². The van der Waals surface area contributed by atoms with Gasteiger partial charge >= 0.3 is 5.69 Å². The monoisotopic (exact) mass is 416 g/mol. The Balaban J connectivity index is 1.99. The van der Waals surface area contributed by atoms with E-state index >= 15 is 0 Å². The minimum atomic E-state index is -0.980. The highest BCUT2D eigenvalue weighted by Gasteiger charge is 2.35. The number of anilines is 2. The zero-order chi connectivity index (χ0) is 21.1. The third-order valence-electron chi connectivity index (χ3n) is 4.81. The fraction of sp³-hybridized carbons (Fsp3) is 0.400. The molecule has 2 aromatic rings. The van der Waals surface area contributed by atoms with Crippen LogP contribution in [0.25, 0.3) is 0 Å². The summed E-state index contributed by atoms with van der Waals surface area (Å²) >= 11 is 1.54. The number of aromatic amines is 1. The number of carbonyl (C=O) groups is 2. The quantitative estimate of drug-likeness (QED) is 0.626. The fourth-order valence-corrected chi connectivity index (χ4v) is 3.73. The molecule has 0 saturated heterocycles. The minimum absolute atomic E-state index is 0.117. The van der Waals surface area contributed by atoms with Crippen molar-refractivity contribution in [1.82, 2.24) is 9.55 Å². The first-order chi connectivity index (χ1) is 13.8. The van der Waals surface area contributed by atoms with E-state index in [1.807, 2.05) is 38.3 Å². The molecular weight excluding hydrogens is 392 g/mol. The molecule has 0 fully saturated rings. The van der Waals surface area contributed by atoms with Gasteiger partial charge in [0, 0.05) is 23.5 Å². The Morgan fingerprint density at radius 1 is 1.31 bits per heavy atom. The molecule has 0 bridgehead atoms. The molecule has 9 heteroatoms. The Bertz CT molecular complexity index is 1060. The van der Waals surface area contributed by atoms with Gasteiger partial charge in [-0.15, -0.1) is 11.8 Å². The van der Waals surface area contributed by atoms with Gasteiger partial charge in [0.2, 0.25) is 11.8 Å². The Morgan fingerprint density at radius 3 is 2.76 bits per heavy atom. The summed E-state index contributed by atoms with van der Waals surface area (Å²) in [5, 5.41) is 5.41. The number of nitrogens with zero attached hydrogens (tertiary/aromatic N) is 1. The van der Waals surface area contributed by atoms with Crippen molar-refractivity contribution in [1.29, 1.82) is 0 Å². The summed E-state index contributed by atoms with van der Waals surface area (Å²) in [4.78, 5) is 53.4. The number of hydrogen-bond donors (Lipinski definition) is 3. The molecule has 0 unspecified atom stereocenters. The van der Waals surface area contributed by atoms with Gasteiger partial charge in [-0.05, 0) is 36.8 Å². The summed E-state index contributed by atoms with van der Waals surface area (Å²) in [6, 6.07) is 7.30. The van der Waals surface area contributed by atoms with E-state index in [0.29, 0.717) is 24.6 Å². The van der Waals surface area contributed by atoms with E-state index in [4.69, 9.17) is 0 Å². The zero-order valence-corrected chi connectivity index (χ0v) is 17.4. The second-order valence-corrected chi connectivity index (χ2v) is 8.26. The van der Waals surface area contributed by atoms with Crippen LogP contribution in [0.15, 0.2) is 38.8 Å². The lowest BCUT2D eigenvalue weighted by Crippen LogP contribution is -2.42. The second kappa shape index (κ2) is 8.69. The zero-order valence-electron chi connectivity index (χ0n) is 16.6. The Labute approximate surface area is 172 Å². The number of carbonyl (C=O) groups excluding carboxylic acids is 2. The maximum Gasteiger partial charge on any atom is 0.329 e. The number of hydrogen-bond acceptors (Lipinski definition) is 5. The molecule has 1 aliphatic rings. The van der Waals surface area contributed by atoms with Crippen molar-refractivity contribution in [2.45, 2.75) is 44.0 Å². The van der Waals surface area contributed by atoms with Gasteiger partial charge in [-0.25, -0.2) is 4.79 Å². The van der Waals surface area contributed by atoms with E-state index in [-0.39, 0.29) is 17.8 Å². The predicted molar refractivity (Wildman–Crippen MR) is 114 cm³/mol. The molecule has 1 aromatic heterocycles. The maximum absolute atomic E-state index is 13.0. The SMILES string of the molecule is CSc1cccc(NC(=O)[C@@H]2CC(=O)Nc3c2c(=O)[nH]c(=O)n3CCC(C)C)c1. The molecule has 3 rings (SSSR count). The summed E-state index contributed by atoms with van der Waals surface area (Å²) < 4.78 is 1.34. The number of fused-ring (bicyclic) bond motifs is 1. The van der Waals surface area contributed by atoms with Gasteiger partial charge in [0.1, 0.15) is 5.82 Å². The van der Waals surface area contributed by atoms with Crippen molar-refractivity contribution in [3.63, 3.8) is 0 Å². The van der Waals surface area contributed by atoms with E-state index < -0.39 is 29.0 Å². The predicted octanol–water partition coefficient (Wildman–Crippen LogP) is 2.37. The molecule has 1 aromatic carbocycles. The van der Waals surface area contributed by atoms with Gasteiger partial charge in [0.25, 0.3) is 5.56 Å². The van der Waals surface area contributed by atoms with Crippen LogP contribution in [0.2, 0.25) is 0 Å². The molecule has 8 nitrogen and oxygen atoms in total. The van der Waals surface area contributed by atoms with Crippen molar-refractivity contribution in [2.75, 3.05) is 16.9 Å². The Morgan fingerprint density at radius 2 is 2.07 bits per heavy atom. The number of rotatable bonds is 6. The third-order valence-corrected chi connectivity index (χ3v) is 5.54. The van der Waals surface area contributed by atoms with E-state index in [1.165, 1.54) is 16.3 Å². The van der Waals surface area contributed by atoms with E-state index in [9.17, 15) is 19.2 Å². The highest BCUT2D eigenvalue weighted by atomic mass is 32.2. The normalized spacial score (nSPS) is 15.7. The van der Waals surface area contributed by atoms with Crippen LogP contribution in [0.3, 0.4) is 0 Å². The molecule has 1 atom stereocenters. The highest BCUT2D eigenvalue weighted by Crippen LogP contribution is 2.30. The Hall–Kier alpha value is -2.81. The molecule has 2 heterocycles. The van der Waals surface area contributed by atoms with Gasteiger partial charge in [0.05, 0.1) is 11.5 Å². The summed E-state index contributed by atoms with van der Waals surface area (Å²) in [7, 11) is 0. The summed E-state index contributed by atoms with van der Waals surface area (Å²) in [6.45, 7) is 4.36. The smallest absolute Gasteiger partial charge is 0.326 e. The minimum Gasteiger partial charge on any atom is -0.326 e. The summed E-state index contributed by atoms with van der Waals surface area (Å²) in [6.07, 6.45) is 2.46. The lowest BCUT2D eigenvalue weighted by Gasteiger charge is -2.26. The highest BCUT2D eigenvalue weighted by molar-refractivity contribution is 7.98.